The third kappa shape index (κ3) is 4.53. The second-order valence-corrected chi connectivity index (χ2v) is 8.72. The van der Waals surface area contributed by atoms with Crippen molar-refractivity contribution in [2.24, 2.45) is 5.41 Å². The molecule has 2 aromatic rings. The minimum Gasteiger partial charge on any atom is -0.457 e. The van der Waals surface area contributed by atoms with Gasteiger partial charge in [0.15, 0.2) is 0 Å². The maximum absolute atomic E-state index is 15.7. The Kier molecular flexibility index (Phi) is 6.12. The highest BCUT2D eigenvalue weighted by Gasteiger charge is 2.31. The molecule has 3 rings (SSSR count). The highest BCUT2D eigenvalue weighted by molar-refractivity contribution is 5.73. The summed E-state index contributed by atoms with van der Waals surface area (Å²) in [6.07, 6.45) is 3.33. The molecule has 0 bridgehead atoms. The first-order valence-corrected chi connectivity index (χ1v) is 10.3. The van der Waals surface area contributed by atoms with Crippen molar-refractivity contribution < 1.29 is 9.13 Å². The van der Waals surface area contributed by atoms with Crippen LogP contribution in [0.15, 0.2) is 77.4 Å². The Hall–Kier alpha value is -2.61. The zero-order valence-electron chi connectivity index (χ0n) is 18.2. The number of hydrogen-bond acceptors (Lipinski definition) is 1. The van der Waals surface area contributed by atoms with E-state index in [-0.39, 0.29) is 11.2 Å². The highest BCUT2D eigenvalue weighted by atomic mass is 19.1. The van der Waals surface area contributed by atoms with Gasteiger partial charge in [0, 0.05) is 0 Å². The number of para-hydroxylation sites is 1. The molecule has 0 unspecified atom stereocenters. The molecule has 0 N–H and O–H groups in total. The van der Waals surface area contributed by atoms with Crippen molar-refractivity contribution >= 4 is 5.83 Å². The SMILES string of the molecule is C=C(C(C)=C(F)c1ccccc1Oc1ccc(C)cc1)C1=C(C)CCCC1(C)C. The third-order valence-corrected chi connectivity index (χ3v) is 5.91. The van der Waals surface area contributed by atoms with Crippen LogP contribution in [-0.2, 0) is 0 Å². The molecular formula is C27H31FO. The lowest BCUT2D eigenvalue weighted by atomic mass is 9.69. The number of rotatable bonds is 5. The monoisotopic (exact) mass is 390 g/mol. The Bertz CT molecular complexity index is 974. The van der Waals surface area contributed by atoms with Crippen LogP contribution in [0.5, 0.6) is 11.5 Å². The molecule has 0 heterocycles. The number of halogens is 1. The molecule has 0 amide bonds. The zero-order chi connectivity index (χ0) is 21.2. The first-order chi connectivity index (χ1) is 13.7. The topological polar surface area (TPSA) is 9.23 Å². The number of ether oxygens (including phenoxy) is 1. The summed E-state index contributed by atoms with van der Waals surface area (Å²) in [6.45, 7) is 14.8. The Morgan fingerprint density at radius 2 is 1.69 bits per heavy atom. The standard InChI is InChI=1S/C27H31FO/c1-18-13-15-22(16-14-18)29-24-12-8-7-11-23(24)26(28)21(4)20(3)25-19(2)10-9-17-27(25,5)6/h7-8,11-16H,3,9-10,17H2,1-2,4-6H3. The van der Waals surface area contributed by atoms with Gasteiger partial charge < -0.3 is 4.74 Å². The van der Waals surface area contributed by atoms with Crippen LogP contribution in [0, 0.1) is 12.3 Å². The molecule has 0 aliphatic heterocycles. The average molecular weight is 391 g/mol. The van der Waals surface area contributed by atoms with Gasteiger partial charge in [-0.05, 0) is 86.4 Å². The van der Waals surface area contributed by atoms with Gasteiger partial charge in [-0.1, -0.05) is 55.8 Å². The molecule has 0 fully saturated rings. The summed E-state index contributed by atoms with van der Waals surface area (Å²) in [5.41, 5.74) is 5.53. The van der Waals surface area contributed by atoms with E-state index in [1.165, 1.54) is 17.6 Å². The summed E-state index contributed by atoms with van der Waals surface area (Å²) >= 11 is 0. The van der Waals surface area contributed by atoms with Crippen LogP contribution in [0.4, 0.5) is 4.39 Å². The van der Waals surface area contributed by atoms with Gasteiger partial charge in [0.05, 0.1) is 5.56 Å². The molecule has 2 aromatic carbocycles. The van der Waals surface area contributed by atoms with Crippen molar-refractivity contribution in [2.75, 3.05) is 0 Å². The van der Waals surface area contributed by atoms with Crippen LogP contribution in [0.2, 0.25) is 0 Å². The van der Waals surface area contributed by atoms with Crippen molar-refractivity contribution in [3.63, 3.8) is 0 Å². The first-order valence-electron chi connectivity index (χ1n) is 10.3. The largest absolute Gasteiger partial charge is 0.457 e. The molecule has 152 valence electrons. The van der Waals surface area contributed by atoms with Gasteiger partial charge in [-0.3, -0.25) is 0 Å². The fourth-order valence-electron chi connectivity index (χ4n) is 4.28. The maximum Gasteiger partial charge on any atom is 0.137 e. The molecular weight excluding hydrogens is 359 g/mol. The summed E-state index contributed by atoms with van der Waals surface area (Å²) in [6, 6.07) is 15.0. The molecule has 1 aliphatic carbocycles. The van der Waals surface area contributed by atoms with Crippen LogP contribution >= 0.6 is 0 Å². The lowest BCUT2D eigenvalue weighted by Crippen LogP contribution is -2.22. The number of benzene rings is 2. The first kappa shape index (κ1) is 21.1. The lowest BCUT2D eigenvalue weighted by Gasteiger charge is -2.36. The molecule has 0 aromatic heterocycles. The molecule has 1 aliphatic rings. The van der Waals surface area contributed by atoms with E-state index in [0.717, 1.165) is 24.0 Å². The van der Waals surface area contributed by atoms with Gasteiger partial charge in [0.2, 0.25) is 0 Å². The van der Waals surface area contributed by atoms with Crippen molar-refractivity contribution in [1.82, 2.24) is 0 Å². The van der Waals surface area contributed by atoms with Gasteiger partial charge in [-0.15, -0.1) is 0 Å². The van der Waals surface area contributed by atoms with Crippen molar-refractivity contribution in [1.29, 1.82) is 0 Å². The van der Waals surface area contributed by atoms with Crippen molar-refractivity contribution in [2.45, 2.75) is 53.9 Å². The summed E-state index contributed by atoms with van der Waals surface area (Å²) in [5, 5.41) is 0. The Morgan fingerprint density at radius 1 is 1.03 bits per heavy atom. The molecule has 0 spiro atoms. The van der Waals surface area contributed by atoms with E-state index in [2.05, 4.69) is 27.4 Å². The summed E-state index contributed by atoms with van der Waals surface area (Å²) in [5.74, 6) is 0.924. The summed E-state index contributed by atoms with van der Waals surface area (Å²) in [4.78, 5) is 0. The fourth-order valence-corrected chi connectivity index (χ4v) is 4.28. The van der Waals surface area contributed by atoms with E-state index in [0.29, 0.717) is 22.6 Å². The van der Waals surface area contributed by atoms with E-state index < -0.39 is 0 Å². The van der Waals surface area contributed by atoms with Gasteiger partial charge >= 0.3 is 0 Å². The molecule has 1 nitrogen and oxygen atoms in total. The normalized spacial score (nSPS) is 17.0. The van der Waals surface area contributed by atoms with E-state index >= 15 is 4.39 Å². The average Bonchev–Trinajstić information content (AvgIpc) is 2.68. The third-order valence-electron chi connectivity index (χ3n) is 5.91. The van der Waals surface area contributed by atoms with E-state index in [9.17, 15) is 0 Å². The minimum atomic E-state index is -0.278. The fraction of sp³-hybridized carbons (Fsp3) is 0.333. The second-order valence-electron chi connectivity index (χ2n) is 8.72. The van der Waals surface area contributed by atoms with Crippen LogP contribution in [0.25, 0.3) is 5.83 Å². The molecule has 2 heteroatoms. The smallest absolute Gasteiger partial charge is 0.137 e. The zero-order valence-corrected chi connectivity index (χ0v) is 18.2. The van der Waals surface area contributed by atoms with E-state index in [1.54, 1.807) is 12.1 Å². The highest BCUT2D eigenvalue weighted by Crippen LogP contribution is 2.46. The number of hydrogen-bond donors (Lipinski definition) is 0. The Labute approximate surface area is 174 Å². The maximum atomic E-state index is 15.7. The van der Waals surface area contributed by atoms with Gasteiger partial charge in [-0.2, -0.15) is 0 Å². The lowest BCUT2D eigenvalue weighted by molar-refractivity contribution is 0.373. The van der Waals surface area contributed by atoms with Crippen molar-refractivity contribution in [3.05, 3.63) is 88.5 Å². The Balaban J connectivity index is 1.99. The Morgan fingerprint density at radius 3 is 2.34 bits per heavy atom. The quantitative estimate of drug-likeness (QED) is 0.465. The predicted octanol–water partition coefficient (Wildman–Crippen LogP) is 8.57. The summed E-state index contributed by atoms with van der Waals surface area (Å²) in [7, 11) is 0. The van der Waals surface area contributed by atoms with Crippen LogP contribution in [0.3, 0.4) is 0 Å². The molecule has 0 radical (unpaired) electrons. The molecule has 29 heavy (non-hydrogen) atoms. The predicted molar refractivity (Wildman–Crippen MR) is 121 cm³/mol. The molecule has 0 atom stereocenters. The summed E-state index contributed by atoms with van der Waals surface area (Å²) < 4.78 is 21.7. The minimum absolute atomic E-state index is 0.0128. The van der Waals surface area contributed by atoms with Gasteiger partial charge in [-0.25, -0.2) is 4.39 Å². The second kappa shape index (κ2) is 8.41. The number of aryl methyl sites for hydroxylation is 1. The van der Waals surface area contributed by atoms with Gasteiger partial charge in [0.1, 0.15) is 17.3 Å². The van der Waals surface area contributed by atoms with Crippen LogP contribution in [-0.4, -0.2) is 0 Å². The van der Waals surface area contributed by atoms with Crippen molar-refractivity contribution in [3.8, 4) is 11.5 Å². The van der Waals surface area contributed by atoms with Crippen LogP contribution < -0.4 is 4.74 Å². The number of allylic oxidation sites excluding steroid dienone is 4. The van der Waals surface area contributed by atoms with E-state index in [4.69, 9.17) is 4.74 Å². The molecule has 0 saturated heterocycles. The van der Waals surface area contributed by atoms with Crippen LogP contribution in [0.1, 0.15) is 58.1 Å². The van der Waals surface area contributed by atoms with Gasteiger partial charge in [0.25, 0.3) is 0 Å². The van der Waals surface area contributed by atoms with E-state index in [1.807, 2.05) is 50.2 Å². The molecule has 0 saturated carbocycles.